The largest absolute Gasteiger partial charge is 0.379 e. The van der Waals surface area contributed by atoms with Gasteiger partial charge in [0.25, 0.3) is 0 Å². The van der Waals surface area contributed by atoms with Crippen molar-refractivity contribution < 1.29 is 4.74 Å². The fraction of sp³-hybridized carbons (Fsp3) is 0.857. The molecule has 2 fully saturated rings. The summed E-state index contributed by atoms with van der Waals surface area (Å²) in [5, 5.41) is 15.5. The molecule has 0 aromatic carbocycles. The fourth-order valence-electron chi connectivity index (χ4n) is 4.23. The molecule has 3 rings (SSSR count). The number of guanidine groups is 1. The Labute approximate surface area is 175 Å². The van der Waals surface area contributed by atoms with Crippen molar-refractivity contribution in [2.24, 2.45) is 23.4 Å². The number of aliphatic imine (C=N–C) groups is 1. The number of aromatic nitrogens is 3. The highest BCUT2D eigenvalue weighted by Gasteiger charge is 2.31. The maximum Gasteiger partial charge on any atom is 0.191 e. The van der Waals surface area contributed by atoms with Crippen molar-refractivity contribution in [2.75, 3.05) is 45.9 Å². The van der Waals surface area contributed by atoms with Crippen molar-refractivity contribution in [2.45, 2.75) is 53.0 Å². The number of rotatable bonds is 8. The number of hydrogen-bond acceptors (Lipinski definition) is 5. The molecule has 1 saturated heterocycles. The van der Waals surface area contributed by atoms with Crippen molar-refractivity contribution in [3.05, 3.63) is 11.6 Å². The third-order valence-corrected chi connectivity index (χ3v) is 6.56. The normalized spacial score (nSPS) is 19.7. The van der Waals surface area contributed by atoms with Crippen LogP contribution < -0.4 is 10.6 Å². The molecule has 29 heavy (non-hydrogen) atoms. The Morgan fingerprint density at radius 3 is 2.55 bits per heavy atom. The second kappa shape index (κ2) is 10.4. The number of morpholine rings is 1. The van der Waals surface area contributed by atoms with E-state index in [1.165, 1.54) is 25.7 Å². The van der Waals surface area contributed by atoms with Crippen LogP contribution in [0, 0.1) is 18.3 Å². The van der Waals surface area contributed by atoms with Crippen molar-refractivity contribution in [3.63, 3.8) is 0 Å². The molecular formula is C21H39N7O. The SMILES string of the molecule is Cc1nnc(CN=C(NCCN2CCOCC2)NCC(C)(C)C2CCCC2)n1C. The molecule has 0 bridgehead atoms. The monoisotopic (exact) mass is 405 g/mol. The van der Waals surface area contributed by atoms with E-state index in [1.54, 1.807) is 0 Å². The maximum absolute atomic E-state index is 5.44. The average Bonchev–Trinajstić information content (AvgIpc) is 3.37. The summed E-state index contributed by atoms with van der Waals surface area (Å²) in [6.07, 6.45) is 5.45. The second-order valence-corrected chi connectivity index (χ2v) is 9.09. The predicted octanol–water partition coefficient (Wildman–Crippen LogP) is 1.71. The molecule has 2 aliphatic rings. The first-order chi connectivity index (χ1) is 14.0. The highest BCUT2D eigenvalue weighted by Crippen LogP contribution is 2.38. The van der Waals surface area contributed by atoms with Crippen molar-refractivity contribution in [3.8, 4) is 0 Å². The van der Waals surface area contributed by atoms with Gasteiger partial charge in [0, 0.05) is 39.8 Å². The second-order valence-electron chi connectivity index (χ2n) is 9.09. The Bertz CT molecular complexity index is 658. The van der Waals surface area contributed by atoms with Crippen molar-refractivity contribution in [1.29, 1.82) is 0 Å². The van der Waals surface area contributed by atoms with Crippen LogP contribution >= 0.6 is 0 Å². The third kappa shape index (κ3) is 6.40. The maximum atomic E-state index is 5.44. The van der Waals surface area contributed by atoms with E-state index < -0.39 is 0 Å². The Morgan fingerprint density at radius 1 is 1.17 bits per heavy atom. The van der Waals surface area contributed by atoms with Crippen LogP contribution in [-0.2, 0) is 18.3 Å². The molecule has 0 radical (unpaired) electrons. The minimum absolute atomic E-state index is 0.268. The minimum Gasteiger partial charge on any atom is -0.379 e. The van der Waals surface area contributed by atoms with E-state index in [4.69, 9.17) is 9.73 Å². The van der Waals surface area contributed by atoms with Gasteiger partial charge in [0.2, 0.25) is 0 Å². The standard InChI is InChI=1S/C21H39N7O/c1-17-25-26-19(27(17)4)15-23-20(22-9-10-28-11-13-29-14-12-28)24-16-21(2,3)18-7-5-6-8-18/h18H,5-16H2,1-4H3,(H2,22,23,24). The molecule has 0 unspecified atom stereocenters. The van der Waals surface area contributed by atoms with Crippen LogP contribution in [0.15, 0.2) is 4.99 Å². The fourth-order valence-corrected chi connectivity index (χ4v) is 4.23. The average molecular weight is 406 g/mol. The van der Waals surface area contributed by atoms with E-state index in [-0.39, 0.29) is 5.41 Å². The van der Waals surface area contributed by atoms with Gasteiger partial charge in [0.1, 0.15) is 12.4 Å². The van der Waals surface area contributed by atoms with Crippen molar-refractivity contribution >= 4 is 5.96 Å². The van der Waals surface area contributed by atoms with Gasteiger partial charge in [0.05, 0.1) is 13.2 Å². The summed E-state index contributed by atoms with van der Waals surface area (Å²) in [4.78, 5) is 7.24. The number of hydrogen-bond donors (Lipinski definition) is 2. The summed E-state index contributed by atoms with van der Waals surface area (Å²) in [6, 6.07) is 0. The lowest BCUT2D eigenvalue weighted by atomic mass is 9.78. The quantitative estimate of drug-likeness (QED) is 0.506. The first kappa shape index (κ1) is 22.0. The topological polar surface area (TPSA) is 79.6 Å². The molecule has 1 aromatic heterocycles. The van der Waals surface area contributed by atoms with Gasteiger partial charge < -0.3 is 19.9 Å². The third-order valence-electron chi connectivity index (χ3n) is 6.56. The molecule has 1 saturated carbocycles. The van der Waals surface area contributed by atoms with Crippen LogP contribution in [0.1, 0.15) is 51.2 Å². The van der Waals surface area contributed by atoms with Gasteiger partial charge in [-0.15, -0.1) is 10.2 Å². The van der Waals surface area contributed by atoms with Gasteiger partial charge in [-0.3, -0.25) is 4.90 Å². The van der Waals surface area contributed by atoms with Crippen LogP contribution in [0.2, 0.25) is 0 Å². The van der Waals surface area contributed by atoms with Crippen molar-refractivity contribution in [1.82, 2.24) is 30.3 Å². The van der Waals surface area contributed by atoms with Crippen LogP contribution in [-0.4, -0.2) is 71.6 Å². The molecule has 0 amide bonds. The summed E-state index contributed by atoms with van der Waals surface area (Å²) in [5.41, 5.74) is 0.268. The molecule has 8 heteroatoms. The van der Waals surface area contributed by atoms with Gasteiger partial charge in [-0.25, -0.2) is 4.99 Å². The lowest BCUT2D eigenvalue weighted by Crippen LogP contribution is -2.47. The van der Waals surface area contributed by atoms with Crippen LogP contribution in [0.3, 0.4) is 0 Å². The number of nitrogens with zero attached hydrogens (tertiary/aromatic N) is 5. The van der Waals surface area contributed by atoms with E-state index >= 15 is 0 Å². The molecule has 8 nitrogen and oxygen atoms in total. The van der Waals surface area contributed by atoms with Gasteiger partial charge in [0.15, 0.2) is 11.8 Å². The van der Waals surface area contributed by atoms with Gasteiger partial charge in [-0.1, -0.05) is 26.7 Å². The van der Waals surface area contributed by atoms with Crippen LogP contribution in [0.5, 0.6) is 0 Å². The summed E-state index contributed by atoms with van der Waals surface area (Å²) in [6.45, 7) is 13.7. The molecule has 1 aromatic rings. The Morgan fingerprint density at radius 2 is 1.90 bits per heavy atom. The summed E-state index contributed by atoms with van der Waals surface area (Å²) in [5.74, 6) is 3.45. The van der Waals surface area contributed by atoms with E-state index in [2.05, 4.69) is 39.6 Å². The number of aryl methyl sites for hydroxylation is 1. The van der Waals surface area contributed by atoms with E-state index in [9.17, 15) is 0 Å². The van der Waals surface area contributed by atoms with Gasteiger partial charge >= 0.3 is 0 Å². The number of ether oxygens (including phenoxy) is 1. The molecule has 164 valence electrons. The van der Waals surface area contributed by atoms with Crippen LogP contribution in [0.25, 0.3) is 0 Å². The number of nitrogens with one attached hydrogen (secondary N) is 2. The Kier molecular flexibility index (Phi) is 7.89. The summed E-state index contributed by atoms with van der Waals surface area (Å²) >= 11 is 0. The molecule has 2 heterocycles. The highest BCUT2D eigenvalue weighted by molar-refractivity contribution is 5.79. The molecule has 1 aliphatic heterocycles. The lowest BCUT2D eigenvalue weighted by Gasteiger charge is -2.32. The van der Waals surface area contributed by atoms with E-state index in [0.29, 0.717) is 6.54 Å². The molecule has 0 atom stereocenters. The van der Waals surface area contributed by atoms with Gasteiger partial charge in [-0.2, -0.15) is 0 Å². The van der Waals surface area contributed by atoms with Gasteiger partial charge in [-0.05, 0) is 31.1 Å². The molecule has 2 N–H and O–H groups in total. The smallest absolute Gasteiger partial charge is 0.191 e. The zero-order chi connectivity index (χ0) is 20.7. The van der Waals surface area contributed by atoms with Crippen LogP contribution in [0.4, 0.5) is 0 Å². The Hall–Kier alpha value is -1.67. The summed E-state index contributed by atoms with van der Waals surface area (Å²) < 4.78 is 7.44. The molecule has 0 spiro atoms. The van der Waals surface area contributed by atoms with E-state index in [0.717, 1.165) is 69.5 Å². The molecular weight excluding hydrogens is 366 g/mol. The highest BCUT2D eigenvalue weighted by atomic mass is 16.5. The first-order valence-electron chi connectivity index (χ1n) is 11.1. The Balaban J connectivity index is 1.56. The lowest BCUT2D eigenvalue weighted by molar-refractivity contribution is 0.0389. The zero-order valence-electron chi connectivity index (χ0n) is 18.7. The first-order valence-corrected chi connectivity index (χ1v) is 11.1. The van der Waals surface area contributed by atoms with E-state index in [1.807, 2.05) is 18.5 Å². The molecule has 1 aliphatic carbocycles. The zero-order valence-corrected chi connectivity index (χ0v) is 18.7. The minimum atomic E-state index is 0.268. The predicted molar refractivity (Wildman–Crippen MR) is 116 cm³/mol. The summed E-state index contributed by atoms with van der Waals surface area (Å²) in [7, 11) is 1.99.